The number of hydrogen-bond donors (Lipinski definition) is 1. The number of rotatable bonds is 3. The second-order valence-corrected chi connectivity index (χ2v) is 4.91. The Balaban J connectivity index is 2.16. The maximum absolute atomic E-state index is 12.7. The number of ether oxygens (including phenoxy) is 1. The van der Waals surface area contributed by atoms with Gasteiger partial charge >= 0.3 is 6.18 Å². The minimum Gasteiger partial charge on any atom is -0.496 e. The Morgan fingerprint density at radius 1 is 1.43 bits per heavy atom. The number of carbonyl (C=O) groups is 1. The number of methoxy groups -OCH3 is 1. The molecule has 0 saturated carbocycles. The molecule has 0 unspecified atom stereocenters. The highest BCUT2D eigenvalue weighted by Crippen LogP contribution is 2.36. The Kier molecular flexibility index (Phi) is 4.51. The molecular weight excluding hydrogens is 307 g/mol. The Morgan fingerprint density at radius 2 is 2.19 bits per heavy atom. The largest absolute Gasteiger partial charge is 0.496 e. The molecule has 1 aliphatic rings. The lowest BCUT2D eigenvalue weighted by Crippen LogP contribution is -2.19. The molecule has 1 saturated heterocycles. The fourth-order valence-corrected chi connectivity index (χ4v) is 2.18. The van der Waals surface area contributed by atoms with Gasteiger partial charge in [0, 0.05) is 0 Å². The average molecular weight is 317 g/mol. The van der Waals surface area contributed by atoms with E-state index in [0.29, 0.717) is 10.7 Å². The molecule has 2 rings (SSSR count). The molecule has 0 aliphatic carbocycles. The molecule has 0 spiro atoms. The predicted molar refractivity (Wildman–Crippen MR) is 73.6 cm³/mol. The number of amides is 1. The van der Waals surface area contributed by atoms with Crippen LogP contribution in [0.3, 0.4) is 0 Å². The Bertz CT molecular complexity index is 614. The normalized spacial score (nSPS) is 17.5. The van der Waals surface area contributed by atoms with Crippen LogP contribution >= 0.6 is 11.8 Å². The topological polar surface area (TPSA) is 63.1 Å². The van der Waals surface area contributed by atoms with Gasteiger partial charge in [0.25, 0.3) is 0 Å². The number of nitrogens with one attached hydrogen (secondary N) is 1. The highest BCUT2D eigenvalue weighted by Gasteiger charge is 2.34. The molecule has 9 heteroatoms. The average Bonchev–Trinajstić information content (AvgIpc) is 2.83. The quantitative estimate of drug-likeness (QED) is 0.687. The molecule has 1 N–H and O–H groups in total. The van der Waals surface area contributed by atoms with Crippen LogP contribution in [0.25, 0.3) is 0 Å². The lowest BCUT2D eigenvalue weighted by molar-refractivity contribution is -0.138. The lowest BCUT2D eigenvalue weighted by atomic mass is 10.1. The van der Waals surface area contributed by atoms with E-state index in [9.17, 15) is 18.0 Å². The summed E-state index contributed by atoms with van der Waals surface area (Å²) in [5.41, 5.74) is -0.453. The van der Waals surface area contributed by atoms with Crippen LogP contribution < -0.4 is 10.1 Å². The van der Waals surface area contributed by atoms with Gasteiger partial charge in [-0.1, -0.05) is 17.8 Å². The summed E-state index contributed by atoms with van der Waals surface area (Å²) in [7, 11) is 1.16. The first-order valence-electron chi connectivity index (χ1n) is 5.69. The van der Waals surface area contributed by atoms with E-state index in [-0.39, 0.29) is 17.4 Å². The predicted octanol–water partition coefficient (Wildman–Crippen LogP) is 2.27. The summed E-state index contributed by atoms with van der Waals surface area (Å²) >= 11 is 1.20. The van der Waals surface area contributed by atoms with Gasteiger partial charge in [0.15, 0.2) is 5.17 Å². The van der Waals surface area contributed by atoms with Gasteiger partial charge < -0.3 is 10.1 Å². The van der Waals surface area contributed by atoms with Crippen molar-refractivity contribution in [3.05, 3.63) is 29.3 Å². The van der Waals surface area contributed by atoms with Crippen molar-refractivity contribution in [1.82, 2.24) is 5.32 Å². The number of carbonyl (C=O) groups excluding carboxylic acids is 1. The zero-order valence-corrected chi connectivity index (χ0v) is 11.6. The van der Waals surface area contributed by atoms with Crippen LogP contribution in [0.1, 0.15) is 11.1 Å². The molecule has 0 aromatic heterocycles. The van der Waals surface area contributed by atoms with Gasteiger partial charge in [0.05, 0.1) is 24.6 Å². The zero-order valence-electron chi connectivity index (χ0n) is 10.8. The van der Waals surface area contributed by atoms with Crippen LogP contribution in [-0.2, 0) is 11.0 Å². The van der Waals surface area contributed by atoms with Crippen molar-refractivity contribution in [3.8, 4) is 5.75 Å². The minimum absolute atomic E-state index is 0.162. The summed E-state index contributed by atoms with van der Waals surface area (Å²) in [6.45, 7) is 0. The van der Waals surface area contributed by atoms with Crippen molar-refractivity contribution in [1.29, 1.82) is 0 Å². The van der Waals surface area contributed by atoms with Crippen LogP contribution in [0.15, 0.2) is 28.4 Å². The van der Waals surface area contributed by atoms with Gasteiger partial charge in [0.2, 0.25) is 5.91 Å². The summed E-state index contributed by atoms with van der Waals surface area (Å²) in [6.07, 6.45) is -3.20. The number of benzene rings is 1. The molecule has 1 aliphatic heterocycles. The fraction of sp³-hybridized carbons (Fsp3) is 0.250. The third-order valence-corrected chi connectivity index (χ3v) is 3.34. The number of halogens is 3. The molecule has 1 heterocycles. The van der Waals surface area contributed by atoms with Crippen molar-refractivity contribution in [2.75, 3.05) is 12.9 Å². The molecule has 0 radical (unpaired) electrons. The van der Waals surface area contributed by atoms with Gasteiger partial charge in [-0.3, -0.25) is 4.79 Å². The first-order chi connectivity index (χ1) is 9.90. The maximum Gasteiger partial charge on any atom is 0.419 e. The van der Waals surface area contributed by atoms with Crippen molar-refractivity contribution in [2.24, 2.45) is 10.2 Å². The molecule has 1 amide bonds. The van der Waals surface area contributed by atoms with Crippen molar-refractivity contribution < 1.29 is 22.7 Å². The number of hydrogen-bond acceptors (Lipinski definition) is 5. The number of nitrogens with zero attached hydrogens (tertiary/aromatic N) is 2. The molecule has 1 fully saturated rings. The SMILES string of the molecule is COc1cc(C=NN=C2NC(=O)CS2)ccc1C(F)(F)F. The van der Waals surface area contributed by atoms with Crippen molar-refractivity contribution >= 4 is 29.1 Å². The van der Waals surface area contributed by atoms with E-state index in [1.807, 2.05) is 0 Å². The van der Waals surface area contributed by atoms with Crippen LogP contribution in [0, 0.1) is 0 Å². The zero-order chi connectivity index (χ0) is 15.5. The first-order valence-corrected chi connectivity index (χ1v) is 6.67. The molecule has 1 aromatic carbocycles. The molecule has 112 valence electrons. The Labute approximate surface area is 122 Å². The summed E-state index contributed by atoms with van der Waals surface area (Å²) in [6, 6.07) is 3.39. The highest BCUT2D eigenvalue weighted by atomic mass is 32.2. The van der Waals surface area contributed by atoms with E-state index in [2.05, 4.69) is 15.5 Å². The van der Waals surface area contributed by atoms with Crippen LogP contribution in [0.2, 0.25) is 0 Å². The third kappa shape index (κ3) is 3.97. The Morgan fingerprint density at radius 3 is 2.76 bits per heavy atom. The molecule has 1 aromatic rings. The van der Waals surface area contributed by atoms with Crippen LogP contribution in [-0.4, -0.2) is 30.2 Å². The maximum atomic E-state index is 12.7. The second kappa shape index (κ2) is 6.17. The van der Waals surface area contributed by atoms with Gasteiger partial charge in [-0.2, -0.15) is 18.3 Å². The van der Waals surface area contributed by atoms with E-state index in [4.69, 9.17) is 4.74 Å². The van der Waals surface area contributed by atoms with Gasteiger partial charge in [0.1, 0.15) is 5.75 Å². The monoisotopic (exact) mass is 317 g/mol. The molecule has 0 bridgehead atoms. The van der Waals surface area contributed by atoms with Gasteiger partial charge in [-0.15, -0.1) is 5.10 Å². The summed E-state index contributed by atoms with van der Waals surface area (Å²) in [4.78, 5) is 10.9. The van der Waals surface area contributed by atoms with Gasteiger partial charge in [-0.25, -0.2) is 0 Å². The van der Waals surface area contributed by atoms with Crippen molar-refractivity contribution in [2.45, 2.75) is 6.18 Å². The molecule has 5 nitrogen and oxygen atoms in total. The van der Waals surface area contributed by atoms with E-state index in [0.717, 1.165) is 13.2 Å². The minimum atomic E-state index is -4.48. The van der Waals surface area contributed by atoms with E-state index < -0.39 is 11.7 Å². The number of thioether (sulfide) groups is 1. The Hall–Kier alpha value is -2.03. The van der Waals surface area contributed by atoms with E-state index in [1.54, 1.807) is 0 Å². The molecular formula is C12H10F3N3O2S. The second-order valence-electron chi connectivity index (χ2n) is 3.94. The lowest BCUT2D eigenvalue weighted by Gasteiger charge is -2.11. The summed E-state index contributed by atoms with van der Waals surface area (Å²) in [5, 5.41) is 10.3. The van der Waals surface area contributed by atoms with Crippen molar-refractivity contribution in [3.63, 3.8) is 0 Å². The molecule has 0 atom stereocenters. The summed E-state index contributed by atoms with van der Waals surface area (Å²) in [5.74, 6) is -0.171. The van der Waals surface area contributed by atoms with Crippen LogP contribution in [0.5, 0.6) is 5.75 Å². The first kappa shape index (κ1) is 15.4. The standard InChI is InChI=1S/C12H10F3N3O2S/c1-20-9-4-7(2-3-8(9)12(13,14)15)5-16-18-11-17-10(19)6-21-11/h2-5H,6H2,1H3,(H,17,18,19). The van der Waals surface area contributed by atoms with E-state index >= 15 is 0 Å². The van der Waals surface area contributed by atoms with E-state index in [1.165, 1.54) is 30.1 Å². The van der Waals surface area contributed by atoms with Crippen LogP contribution in [0.4, 0.5) is 13.2 Å². The highest BCUT2D eigenvalue weighted by molar-refractivity contribution is 8.15. The molecule has 21 heavy (non-hydrogen) atoms. The number of alkyl halides is 3. The third-order valence-electron chi connectivity index (χ3n) is 2.47. The summed E-state index contributed by atoms with van der Waals surface area (Å²) < 4.78 is 42.8. The smallest absolute Gasteiger partial charge is 0.419 e. The fourth-order valence-electron chi connectivity index (χ4n) is 1.55. The number of amidine groups is 1. The van der Waals surface area contributed by atoms with Gasteiger partial charge in [-0.05, 0) is 17.7 Å².